The molecule has 0 fully saturated rings. The Labute approximate surface area is 143 Å². The second-order valence-corrected chi connectivity index (χ2v) is 4.82. The van der Waals surface area contributed by atoms with Crippen molar-refractivity contribution in [2.75, 3.05) is 14.2 Å². The quantitative estimate of drug-likeness (QED) is 0.588. The molecule has 0 aliphatic carbocycles. The number of carbonyl (C=O) groups excluding carboxylic acids is 4. The van der Waals surface area contributed by atoms with Gasteiger partial charge in [-0.1, -0.05) is 0 Å². The van der Waals surface area contributed by atoms with Crippen LogP contribution in [0.15, 0.2) is 36.4 Å². The van der Waals surface area contributed by atoms with Crippen molar-refractivity contribution in [3.63, 3.8) is 0 Å². The fourth-order valence-electron chi connectivity index (χ4n) is 2.13. The SMILES string of the molecule is COC(=O)c1ccc(Oc2ccc(C(=O)OC)c(C=O)c2)cc1C=O. The largest absolute Gasteiger partial charge is 0.465 e. The summed E-state index contributed by atoms with van der Waals surface area (Å²) in [4.78, 5) is 45.4. The minimum absolute atomic E-state index is 0.103. The van der Waals surface area contributed by atoms with Crippen LogP contribution in [0.1, 0.15) is 41.4 Å². The van der Waals surface area contributed by atoms with Crippen LogP contribution in [-0.4, -0.2) is 38.7 Å². The zero-order valence-electron chi connectivity index (χ0n) is 13.5. The van der Waals surface area contributed by atoms with Crippen molar-refractivity contribution in [2.24, 2.45) is 0 Å². The number of methoxy groups -OCH3 is 2. The van der Waals surface area contributed by atoms with Gasteiger partial charge in [0.25, 0.3) is 0 Å². The van der Waals surface area contributed by atoms with Crippen LogP contribution in [0.4, 0.5) is 0 Å². The maximum absolute atomic E-state index is 11.6. The lowest BCUT2D eigenvalue weighted by atomic mass is 10.1. The highest BCUT2D eigenvalue weighted by molar-refractivity contribution is 5.99. The van der Waals surface area contributed by atoms with E-state index in [1.165, 1.54) is 50.6 Å². The van der Waals surface area contributed by atoms with Crippen LogP contribution in [0.2, 0.25) is 0 Å². The van der Waals surface area contributed by atoms with Gasteiger partial charge in [0.2, 0.25) is 0 Å². The van der Waals surface area contributed by atoms with Crippen molar-refractivity contribution < 1.29 is 33.4 Å². The summed E-state index contributed by atoms with van der Waals surface area (Å²) in [6.07, 6.45) is 1.02. The lowest BCUT2D eigenvalue weighted by Crippen LogP contribution is -2.06. The molecule has 25 heavy (non-hydrogen) atoms. The van der Waals surface area contributed by atoms with E-state index in [0.29, 0.717) is 12.6 Å². The molecule has 0 amide bonds. The van der Waals surface area contributed by atoms with E-state index in [0.717, 1.165) is 0 Å². The van der Waals surface area contributed by atoms with E-state index in [-0.39, 0.29) is 33.8 Å². The Morgan fingerprint density at radius 1 is 0.760 bits per heavy atom. The first-order valence-electron chi connectivity index (χ1n) is 7.07. The molecular formula is C18H14O7. The predicted molar refractivity (Wildman–Crippen MR) is 86.4 cm³/mol. The smallest absolute Gasteiger partial charge is 0.338 e. The lowest BCUT2D eigenvalue weighted by molar-refractivity contribution is 0.0590. The van der Waals surface area contributed by atoms with Gasteiger partial charge in [-0.3, -0.25) is 9.59 Å². The fourth-order valence-corrected chi connectivity index (χ4v) is 2.13. The van der Waals surface area contributed by atoms with Gasteiger partial charge in [0.1, 0.15) is 11.5 Å². The summed E-state index contributed by atoms with van der Waals surface area (Å²) in [5, 5.41) is 0. The Morgan fingerprint density at radius 3 is 1.48 bits per heavy atom. The molecule has 7 heteroatoms. The molecule has 0 radical (unpaired) electrons. The molecule has 2 aromatic rings. The van der Waals surface area contributed by atoms with Crippen molar-refractivity contribution in [3.05, 3.63) is 58.7 Å². The Kier molecular flexibility index (Phi) is 5.62. The van der Waals surface area contributed by atoms with Crippen LogP contribution in [0.3, 0.4) is 0 Å². The molecule has 0 aliphatic heterocycles. The number of ether oxygens (including phenoxy) is 3. The first-order chi connectivity index (χ1) is 12.0. The summed E-state index contributed by atoms with van der Waals surface area (Å²) >= 11 is 0. The molecule has 0 saturated carbocycles. The first-order valence-corrected chi connectivity index (χ1v) is 7.07. The summed E-state index contributed by atoms with van der Waals surface area (Å²) < 4.78 is 14.8. The van der Waals surface area contributed by atoms with Gasteiger partial charge in [-0.05, 0) is 36.4 Å². The van der Waals surface area contributed by atoms with Gasteiger partial charge in [-0.15, -0.1) is 0 Å². The molecule has 0 aromatic heterocycles. The number of carbonyl (C=O) groups is 4. The second kappa shape index (κ2) is 7.87. The number of hydrogen-bond donors (Lipinski definition) is 0. The zero-order valence-corrected chi connectivity index (χ0v) is 13.5. The topological polar surface area (TPSA) is 96.0 Å². The third kappa shape index (κ3) is 3.89. The molecule has 0 spiro atoms. The van der Waals surface area contributed by atoms with Crippen molar-refractivity contribution in [1.82, 2.24) is 0 Å². The highest BCUT2D eigenvalue weighted by Gasteiger charge is 2.15. The summed E-state index contributed by atoms with van der Waals surface area (Å²) in [6, 6.07) is 8.49. The third-order valence-corrected chi connectivity index (χ3v) is 3.35. The lowest BCUT2D eigenvalue weighted by Gasteiger charge is -2.10. The van der Waals surface area contributed by atoms with Gasteiger partial charge >= 0.3 is 11.9 Å². The third-order valence-electron chi connectivity index (χ3n) is 3.35. The Balaban J connectivity index is 2.33. The summed E-state index contributed by atoms with van der Waals surface area (Å²) in [7, 11) is 2.43. The van der Waals surface area contributed by atoms with Gasteiger partial charge < -0.3 is 14.2 Å². The van der Waals surface area contributed by atoms with Crippen LogP contribution in [0.25, 0.3) is 0 Å². The molecule has 2 aromatic carbocycles. The molecule has 7 nitrogen and oxygen atoms in total. The van der Waals surface area contributed by atoms with Gasteiger partial charge in [-0.2, -0.15) is 0 Å². The molecular weight excluding hydrogens is 328 g/mol. The van der Waals surface area contributed by atoms with Crippen molar-refractivity contribution in [1.29, 1.82) is 0 Å². The van der Waals surface area contributed by atoms with Crippen molar-refractivity contribution in [3.8, 4) is 11.5 Å². The normalized spacial score (nSPS) is 9.84. The average molecular weight is 342 g/mol. The summed E-state index contributed by atoms with van der Waals surface area (Å²) in [6.45, 7) is 0. The van der Waals surface area contributed by atoms with Crippen LogP contribution < -0.4 is 4.74 Å². The van der Waals surface area contributed by atoms with E-state index < -0.39 is 11.9 Å². The van der Waals surface area contributed by atoms with E-state index in [2.05, 4.69) is 9.47 Å². The number of rotatable bonds is 6. The first kappa shape index (κ1) is 17.9. The highest BCUT2D eigenvalue weighted by atomic mass is 16.5. The van der Waals surface area contributed by atoms with Gasteiger partial charge in [0.15, 0.2) is 12.6 Å². The monoisotopic (exact) mass is 342 g/mol. The maximum Gasteiger partial charge on any atom is 0.338 e. The number of benzene rings is 2. The van der Waals surface area contributed by atoms with Crippen molar-refractivity contribution in [2.45, 2.75) is 0 Å². The zero-order chi connectivity index (χ0) is 18.4. The minimum Gasteiger partial charge on any atom is -0.465 e. The average Bonchev–Trinajstić information content (AvgIpc) is 2.66. The highest BCUT2D eigenvalue weighted by Crippen LogP contribution is 2.26. The molecule has 0 atom stereocenters. The summed E-state index contributed by atoms with van der Waals surface area (Å²) in [5.74, 6) is -0.728. The molecule has 0 aliphatic rings. The number of hydrogen-bond acceptors (Lipinski definition) is 7. The molecule has 128 valence electrons. The Morgan fingerprint density at radius 2 is 1.16 bits per heavy atom. The molecule has 0 unspecified atom stereocenters. The van der Waals surface area contributed by atoms with Crippen LogP contribution >= 0.6 is 0 Å². The number of esters is 2. The summed E-state index contributed by atoms with van der Waals surface area (Å²) in [5.41, 5.74) is 0.427. The number of aldehydes is 2. The van der Waals surface area contributed by atoms with Gasteiger partial charge in [0, 0.05) is 11.1 Å². The van der Waals surface area contributed by atoms with Crippen molar-refractivity contribution >= 4 is 24.5 Å². The molecule has 0 saturated heterocycles. The molecule has 0 heterocycles. The van der Waals surface area contributed by atoms with Gasteiger partial charge in [-0.25, -0.2) is 9.59 Å². The van der Waals surface area contributed by atoms with Crippen LogP contribution in [0, 0.1) is 0 Å². The molecule has 0 bridgehead atoms. The Bertz CT molecular complexity index is 770. The van der Waals surface area contributed by atoms with E-state index in [4.69, 9.17) is 4.74 Å². The fraction of sp³-hybridized carbons (Fsp3) is 0.111. The van der Waals surface area contributed by atoms with E-state index in [9.17, 15) is 19.2 Å². The van der Waals surface area contributed by atoms with E-state index >= 15 is 0 Å². The maximum atomic E-state index is 11.6. The standard InChI is InChI=1S/C18H14O7/c1-23-17(21)15-5-3-13(7-11(15)9-19)25-14-4-6-16(18(22)24-2)12(8-14)10-20/h3-10H,1-2H3. The molecule has 0 N–H and O–H groups in total. The van der Waals surface area contributed by atoms with E-state index in [1.54, 1.807) is 0 Å². The minimum atomic E-state index is -0.640. The van der Waals surface area contributed by atoms with Gasteiger partial charge in [0.05, 0.1) is 25.3 Å². The molecule has 2 rings (SSSR count). The van der Waals surface area contributed by atoms with Crippen LogP contribution in [-0.2, 0) is 9.47 Å². The second-order valence-electron chi connectivity index (χ2n) is 4.82. The predicted octanol–water partition coefficient (Wildman–Crippen LogP) is 2.68. The van der Waals surface area contributed by atoms with Crippen LogP contribution in [0.5, 0.6) is 11.5 Å². The van der Waals surface area contributed by atoms with E-state index in [1.807, 2.05) is 0 Å². The Hall–Kier alpha value is -3.48.